The molecule has 5 unspecified atom stereocenters. The van der Waals surface area contributed by atoms with Crippen molar-refractivity contribution >= 4 is 17.2 Å². The van der Waals surface area contributed by atoms with Crippen LogP contribution in [0.4, 0.5) is 14.6 Å². The number of likely N-dealkylation sites (tertiary alicyclic amines) is 1. The Bertz CT molecular complexity index is 1600. The van der Waals surface area contributed by atoms with Gasteiger partial charge in [0.15, 0.2) is 0 Å². The predicted molar refractivity (Wildman–Crippen MR) is 158 cm³/mol. The van der Waals surface area contributed by atoms with E-state index in [0.29, 0.717) is 36.5 Å². The molecule has 2 bridgehead atoms. The number of aromatic nitrogens is 3. The Balaban J connectivity index is 0.956. The molecule has 44 heavy (non-hydrogen) atoms. The maximum Gasteiger partial charge on any atom is 0.248 e. The lowest BCUT2D eigenvalue weighted by atomic mass is 9.85. The van der Waals surface area contributed by atoms with Crippen molar-refractivity contribution in [2.75, 3.05) is 57.3 Å². The molecule has 1 N–H and O–H groups in total. The fourth-order valence-electron chi connectivity index (χ4n) is 8.17. The first-order valence-corrected chi connectivity index (χ1v) is 15.7. The Kier molecular flexibility index (Phi) is 6.72. The first kappa shape index (κ1) is 27.7. The van der Waals surface area contributed by atoms with E-state index in [-0.39, 0.29) is 37.3 Å². The summed E-state index contributed by atoms with van der Waals surface area (Å²) in [6.07, 6.45) is 5.87. The summed E-state index contributed by atoms with van der Waals surface area (Å²) in [6, 6.07) is 8.25. The summed E-state index contributed by atoms with van der Waals surface area (Å²) in [5.74, 6) is -0.400. The highest BCUT2D eigenvalue weighted by molar-refractivity contribution is 5.85. The number of carbonyl (C=O) groups excluding carboxylic acids is 1. The summed E-state index contributed by atoms with van der Waals surface area (Å²) in [7, 11) is 0. The zero-order valence-electron chi connectivity index (χ0n) is 24.5. The quantitative estimate of drug-likeness (QED) is 0.441. The molecule has 1 aliphatic carbocycles. The molecule has 12 heteroatoms. The number of alkyl halides is 2. The van der Waals surface area contributed by atoms with Gasteiger partial charge in [0.05, 0.1) is 35.6 Å². The number of carbonyl (C=O) groups is 1. The van der Waals surface area contributed by atoms with E-state index in [1.165, 1.54) is 0 Å². The number of ether oxygens (including phenoxy) is 1. The zero-order valence-corrected chi connectivity index (χ0v) is 24.5. The minimum Gasteiger partial charge on any atom is -0.491 e. The Labute approximate surface area is 254 Å². The number of piperazine rings is 1. The molecule has 0 radical (unpaired) electrons. The van der Waals surface area contributed by atoms with Crippen molar-refractivity contribution in [1.29, 1.82) is 5.26 Å². The fraction of sp³-hybridized carbons (Fsp3) is 0.562. The standard InChI is InChI=1S/C32H36F2N8O2/c33-32(34)4-3-20(9-32)31(43)42-25-7-26(42)18-40(17-25)29-2-1-21(13-37-29)28-8-27(19-41-30(28)22(10-35)14-38-41)44-6-5-39-15-23-11-36-12-24(23)16-39/h1-2,8,13-14,19-20,23-26,36H,3-7,9,11-12,15-18H2. The van der Waals surface area contributed by atoms with Gasteiger partial charge >= 0.3 is 0 Å². The van der Waals surface area contributed by atoms with Gasteiger partial charge in [-0.1, -0.05) is 0 Å². The number of hydrogen-bond acceptors (Lipinski definition) is 8. The maximum absolute atomic E-state index is 13.7. The van der Waals surface area contributed by atoms with Crippen molar-refractivity contribution in [3.05, 3.63) is 42.4 Å². The van der Waals surface area contributed by atoms with Crippen molar-refractivity contribution < 1.29 is 18.3 Å². The summed E-state index contributed by atoms with van der Waals surface area (Å²) in [4.78, 5) is 24.3. The summed E-state index contributed by atoms with van der Waals surface area (Å²) < 4.78 is 35.4. The van der Waals surface area contributed by atoms with E-state index in [1.54, 1.807) is 10.7 Å². The van der Waals surface area contributed by atoms with Crippen molar-refractivity contribution in [2.24, 2.45) is 17.8 Å². The van der Waals surface area contributed by atoms with Gasteiger partial charge in [-0.3, -0.25) is 9.69 Å². The van der Waals surface area contributed by atoms with Crippen molar-refractivity contribution in [1.82, 2.24) is 29.7 Å². The van der Waals surface area contributed by atoms with Crippen LogP contribution in [0.3, 0.4) is 0 Å². The molecule has 9 rings (SSSR count). The molecule has 1 amide bonds. The third-order valence-corrected chi connectivity index (χ3v) is 10.4. The number of nitriles is 1. The van der Waals surface area contributed by atoms with Crippen LogP contribution in [-0.4, -0.2) is 101 Å². The number of nitrogens with one attached hydrogen (secondary N) is 1. The van der Waals surface area contributed by atoms with Crippen LogP contribution < -0.4 is 15.0 Å². The summed E-state index contributed by atoms with van der Waals surface area (Å²) in [5.41, 5.74) is 2.86. The molecule has 1 saturated carbocycles. The summed E-state index contributed by atoms with van der Waals surface area (Å²) in [5, 5.41) is 17.7. The largest absolute Gasteiger partial charge is 0.491 e. The second-order valence-electron chi connectivity index (χ2n) is 13.2. The number of halogens is 2. The second-order valence-corrected chi connectivity index (χ2v) is 13.2. The molecule has 0 spiro atoms. The lowest BCUT2D eigenvalue weighted by Gasteiger charge is -2.57. The predicted octanol–water partition coefficient (Wildman–Crippen LogP) is 3.02. The van der Waals surface area contributed by atoms with Crippen LogP contribution in [0.15, 0.2) is 36.8 Å². The van der Waals surface area contributed by atoms with Gasteiger partial charge < -0.3 is 19.9 Å². The highest BCUT2D eigenvalue weighted by atomic mass is 19.3. The molecule has 230 valence electrons. The molecule has 6 aliphatic rings. The topological polar surface area (TPSA) is 102 Å². The minimum absolute atomic E-state index is 0.0345. The molecular formula is C32H36F2N8O2. The van der Waals surface area contributed by atoms with E-state index in [0.717, 1.165) is 67.9 Å². The van der Waals surface area contributed by atoms with Gasteiger partial charge in [0.25, 0.3) is 0 Å². The van der Waals surface area contributed by atoms with Crippen LogP contribution in [0.5, 0.6) is 5.75 Å². The number of piperidine rings is 1. The van der Waals surface area contributed by atoms with Gasteiger partial charge in [-0.2, -0.15) is 10.4 Å². The van der Waals surface area contributed by atoms with Crippen LogP contribution in [0, 0.1) is 29.1 Å². The highest BCUT2D eigenvalue weighted by Crippen LogP contribution is 2.43. The number of amides is 1. The van der Waals surface area contributed by atoms with Crippen LogP contribution in [-0.2, 0) is 4.79 Å². The lowest BCUT2D eigenvalue weighted by Crippen LogP contribution is -2.71. The first-order valence-electron chi connectivity index (χ1n) is 15.7. The fourth-order valence-corrected chi connectivity index (χ4v) is 8.17. The molecule has 5 atom stereocenters. The molecule has 3 aromatic rings. The molecule has 5 aliphatic heterocycles. The van der Waals surface area contributed by atoms with E-state index in [4.69, 9.17) is 9.72 Å². The van der Waals surface area contributed by atoms with E-state index in [9.17, 15) is 18.8 Å². The number of rotatable bonds is 7. The smallest absolute Gasteiger partial charge is 0.248 e. The van der Waals surface area contributed by atoms with Crippen LogP contribution in [0.2, 0.25) is 0 Å². The summed E-state index contributed by atoms with van der Waals surface area (Å²) >= 11 is 0. The number of nitrogens with zero attached hydrogens (tertiary/aromatic N) is 7. The van der Waals surface area contributed by atoms with Gasteiger partial charge in [0.1, 0.15) is 24.2 Å². The van der Waals surface area contributed by atoms with Gasteiger partial charge in [-0.15, -0.1) is 0 Å². The monoisotopic (exact) mass is 602 g/mol. The second kappa shape index (κ2) is 10.7. The number of anilines is 1. The van der Waals surface area contributed by atoms with Gasteiger partial charge in [0, 0.05) is 68.8 Å². The Morgan fingerprint density at radius 1 is 1.14 bits per heavy atom. The van der Waals surface area contributed by atoms with Crippen molar-refractivity contribution in [3.8, 4) is 22.9 Å². The van der Waals surface area contributed by atoms with E-state index >= 15 is 0 Å². The van der Waals surface area contributed by atoms with Gasteiger partial charge in [-0.05, 0) is 56.0 Å². The van der Waals surface area contributed by atoms with Crippen molar-refractivity contribution in [2.45, 2.75) is 43.7 Å². The van der Waals surface area contributed by atoms with E-state index < -0.39 is 11.8 Å². The summed E-state index contributed by atoms with van der Waals surface area (Å²) in [6.45, 7) is 7.16. The lowest BCUT2D eigenvalue weighted by molar-refractivity contribution is -0.151. The molecule has 6 fully saturated rings. The Hall–Kier alpha value is -3.82. The molecule has 5 saturated heterocycles. The molecule has 3 aromatic heterocycles. The zero-order chi connectivity index (χ0) is 30.0. The Morgan fingerprint density at radius 3 is 2.61 bits per heavy atom. The van der Waals surface area contributed by atoms with E-state index in [1.807, 2.05) is 35.5 Å². The molecule has 8 heterocycles. The number of fused-ring (bicyclic) bond motifs is 4. The average molecular weight is 603 g/mol. The minimum atomic E-state index is -2.72. The number of hydrogen-bond donors (Lipinski definition) is 1. The molecule has 0 aromatic carbocycles. The normalized spacial score (nSPS) is 29.1. The first-order chi connectivity index (χ1) is 21.3. The molecular weight excluding hydrogens is 566 g/mol. The SMILES string of the molecule is N#Cc1cnn2cc(OCCN3CC4CNCC4C3)cc(-c3ccc(N4CC5CC(C4)N5C(=O)C4CCC(F)(F)C4)nc3)c12. The Morgan fingerprint density at radius 2 is 1.93 bits per heavy atom. The van der Waals surface area contributed by atoms with Gasteiger partial charge in [0.2, 0.25) is 11.8 Å². The molecule has 10 nitrogen and oxygen atoms in total. The number of pyridine rings is 2. The van der Waals surface area contributed by atoms with Gasteiger partial charge in [-0.25, -0.2) is 18.3 Å². The van der Waals surface area contributed by atoms with Crippen molar-refractivity contribution in [3.63, 3.8) is 0 Å². The van der Waals surface area contributed by atoms with Crippen LogP contribution in [0.1, 0.15) is 31.2 Å². The van der Waals surface area contributed by atoms with Crippen LogP contribution >= 0.6 is 0 Å². The third-order valence-electron chi connectivity index (χ3n) is 10.4. The average Bonchev–Trinajstić information content (AvgIpc) is 3.80. The third kappa shape index (κ3) is 4.86. The van der Waals surface area contributed by atoms with E-state index in [2.05, 4.69) is 26.3 Å². The maximum atomic E-state index is 13.7. The highest BCUT2D eigenvalue weighted by Gasteiger charge is 2.52. The van der Waals surface area contributed by atoms with Crippen LogP contribution in [0.25, 0.3) is 16.6 Å².